The fourth-order valence-electron chi connectivity index (χ4n) is 2.89. The molecule has 0 spiro atoms. The summed E-state index contributed by atoms with van der Waals surface area (Å²) in [5.74, 6) is 0.663. The van der Waals surface area contributed by atoms with E-state index in [1.807, 2.05) is 18.2 Å². The van der Waals surface area contributed by atoms with Gasteiger partial charge in [-0.3, -0.25) is 9.59 Å². The van der Waals surface area contributed by atoms with Crippen molar-refractivity contribution >= 4 is 17.6 Å². The van der Waals surface area contributed by atoms with Gasteiger partial charge in [0, 0.05) is 33.4 Å². The van der Waals surface area contributed by atoms with E-state index < -0.39 is 0 Å². The van der Waals surface area contributed by atoms with Gasteiger partial charge in [-0.1, -0.05) is 6.07 Å². The quantitative estimate of drug-likeness (QED) is 0.759. The highest BCUT2D eigenvalue weighted by Crippen LogP contribution is 2.26. The lowest BCUT2D eigenvalue weighted by molar-refractivity contribution is -0.156. The fourth-order valence-corrected chi connectivity index (χ4v) is 2.89. The van der Waals surface area contributed by atoms with E-state index in [1.54, 1.807) is 25.2 Å². The number of carbonyl (C=O) groups excluding carboxylic acids is 2. The maximum atomic E-state index is 12.1. The minimum atomic E-state index is -0.126. The molecule has 0 aliphatic carbocycles. The Bertz CT molecular complexity index is 563. The zero-order valence-corrected chi connectivity index (χ0v) is 12.8. The van der Waals surface area contributed by atoms with Gasteiger partial charge >= 0.3 is 0 Å². The number of amides is 2. The van der Waals surface area contributed by atoms with E-state index in [2.05, 4.69) is 9.88 Å². The summed E-state index contributed by atoms with van der Waals surface area (Å²) in [5, 5.41) is 0. The molecule has 7 nitrogen and oxygen atoms in total. The van der Waals surface area contributed by atoms with Crippen LogP contribution in [0.25, 0.3) is 0 Å². The Morgan fingerprint density at radius 1 is 1.41 bits per heavy atom. The Morgan fingerprint density at radius 3 is 2.91 bits per heavy atom. The molecule has 22 heavy (non-hydrogen) atoms. The fraction of sp³-hybridized carbons (Fsp3) is 0.533. The summed E-state index contributed by atoms with van der Waals surface area (Å²) in [6.07, 6.45) is 1.67. The SMILES string of the molecule is CN(C)C(=O)CN1C(=O)CO[C@@H]2CN(c3ccccn3)C[C@H]21. The van der Waals surface area contributed by atoms with Gasteiger partial charge in [0.2, 0.25) is 11.8 Å². The number of fused-ring (bicyclic) bond motifs is 1. The number of ether oxygens (including phenoxy) is 1. The van der Waals surface area contributed by atoms with Crippen LogP contribution in [0.5, 0.6) is 0 Å². The van der Waals surface area contributed by atoms with Crippen LogP contribution in [0.4, 0.5) is 5.82 Å². The van der Waals surface area contributed by atoms with Gasteiger partial charge in [0.1, 0.15) is 19.0 Å². The summed E-state index contributed by atoms with van der Waals surface area (Å²) in [5.41, 5.74) is 0. The smallest absolute Gasteiger partial charge is 0.249 e. The van der Waals surface area contributed by atoms with Crippen molar-refractivity contribution in [1.29, 1.82) is 0 Å². The van der Waals surface area contributed by atoms with Crippen LogP contribution in [0.15, 0.2) is 24.4 Å². The van der Waals surface area contributed by atoms with Gasteiger partial charge in [-0.15, -0.1) is 0 Å². The van der Waals surface area contributed by atoms with E-state index in [0.29, 0.717) is 13.1 Å². The van der Waals surface area contributed by atoms with Crippen LogP contribution >= 0.6 is 0 Å². The highest BCUT2D eigenvalue weighted by molar-refractivity contribution is 5.86. The number of carbonyl (C=O) groups is 2. The number of rotatable bonds is 3. The Morgan fingerprint density at radius 2 is 2.23 bits per heavy atom. The molecule has 0 aromatic carbocycles. The zero-order valence-electron chi connectivity index (χ0n) is 12.8. The highest BCUT2D eigenvalue weighted by Gasteiger charge is 2.44. The van der Waals surface area contributed by atoms with Crippen LogP contribution in [-0.4, -0.2) is 79.1 Å². The number of nitrogens with zero attached hydrogens (tertiary/aromatic N) is 4. The molecule has 2 saturated heterocycles. The largest absolute Gasteiger partial charge is 0.364 e. The van der Waals surface area contributed by atoms with Gasteiger partial charge < -0.3 is 19.4 Å². The molecule has 2 aliphatic rings. The molecule has 3 rings (SSSR count). The van der Waals surface area contributed by atoms with Crippen molar-refractivity contribution in [2.24, 2.45) is 0 Å². The Balaban J connectivity index is 1.75. The number of morpholine rings is 1. The van der Waals surface area contributed by atoms with E-state index >= 15 is 0 Å². The van der Waals surface area contributed by atoms with E-state index in [-0.39, 0.29) is 37.1 Å². The molecule has 0 radical (unpaired) electrons. The first-order chi connectivity index (χ1) is 10.6. The van der Waals surface area contributed by atoms with Gasteiger partial charge in [-0.2, -0.15) is 0 Å². The molecule has 0 saturated carbocycles. The summed E-state index contributed by atoms with van der Waals surface area (Å²) in [6.45, 7) is 1.46. The highest BCUT2D eigenvalue weighted by atomic mass is 16.5. The second-order valence-electron chi connectivity index (χ2n) is 5.82. The average Bonchev–Trinajstić information content (AvgIpc) is 2.95. The van der Waals surface area contributed by atoms with Crippen molar-refractivity contribution in [1.82, 2.24) is 14.8 Å². The topological polar surface area (TPSA) is 66.0 Å². The number of aromatic nitrogens is 1. The maximum absolute atomic E-state index is 12.1. The Hall–Kier alpha value is -2.15. The van der Waals surface area contributed by atoms with Gasteiger partial charge in [0.05, 0.1) is 12.1 Å². The Kier molecular flexibility index (Phi) is 3.98. The number of likely N-dealkylation sites (N-methyl/N-ethyl adjacent to an activating group) is 1. The summed E-state index contributed by atoms with van der Waals surface area (Å²) >= 11 is 0. The van der Waals surface area contributed by atoms with Crippen LogP contribution in [0.3, 0.4) is 0 Å². The van der Waals surface area contributed by atoms with Crippen molar-refractivity contribution in [2.75, 3.05) is 45.2 Å². The molecule has 0 bridgehead atoms. The minimum absolute atomic E-state index is 0.0396. The first kappa shape index (κ1) is 14.8. The van der Waals surface area contributed by atoms with E-state index in [9.17, 15) is 9.59 Å². The summed E-state index contributed by atoms with van der Waals surface area (Å²) in [4.78, 5) is 33.7. The van der Waals surface area contributed by atoms with Crippen LogP contribution in [-0.2, 0) is 14.3 Å². The Labute approximate surface area is 129 Å². The van der Waals surface area contributed by atoms with Gasteiger partial charge in [0.25, 0.3) is 0 Å². The first-order valence-corrected chi connectivity index (χ1v) is 7.33. The van der Waals surface area contributed by atoms with Gasteiger partial charge in [-0.05, 0) is 12.1 Å². The zero-order chi connectivity index (χ0) is 15.7. The molecule has 1 aromatic heterocycles. The van der Waals surface area contributed by atoms with Crippen molar-refractivity contribution in [3.8, 4) is 0 Å². The van der Waals surface area contributed by atoms with Gasteiger partial charge in [-0.25, -0.2) is 4.98 Å². The molecule has 2 amide bonds. The third-order valence-electron chi connectivity index (χ3n) is 4.16. The van der Waals surface area contributed by atoms with Crippen molar-refractivity contribution < 1.29 is 14.3 Å². The second kappa shape index (κ2) is 5.92. The van der Waals surface area contributed by atoms with Crippen molar-refractivity contribution in [2.45, 2.75) is 12.1 Å². The second-order valence-corrected chi connectivity index (χ2v) is 5.82. The number of anilines is 1. The van der Waals surface area contributed by atoms with E-state index in [4.69, 9.17) is 4.74 Å². The lowest BCUT2D eigenvalue weighted by Crippen LogP contribution is -2.56. The van der Waals surface area contributed by atoms with Crippen molar-refractivity contribution in [3.05, 3.63) is 24.4 Å². The molecule has 3 heterocycles. The lowest BCUT2D eigenvalue weighted by atomic mass is 10.1. The summed E-state index contributed by atoms with van der Waals surface area (Å²) in [6, 6.07) is 5.64. The maximum Gasteiger partial charge on any atom is 0.249 e. The summed E-state index contributed by atoms with van der Waals surface area (Å²) in [7, 11) is 3.39. The van der Waals surface area contributed by atoms with Crippen LogP contribution in [0.2, 0.25) is 0 Å². The predicted octanol–water partition coefficient (Wildman–Crippen LogP) is -0.414. The molecule has 1 aromatic rings. The number of hydrogen-bond donors (Lipinski definition) is 0. The molecule has 2 aliphatic heterocycles. The molecular weight excluding hydrogens is 284 g/mol. The summed E-state index contributed by atoms with van der Waals surface area (Å²) < 4.78 is 5.65. The molecule has 118 valence electrons. The first-order valence-electron chi connectivity index (χ1n) is 7.33. The van der Waals surface area contributed by atoms with Crippen LogP contribution in [0.1, 0.15) is 0 Å². The predicted molar refractivity (Wildman–Crippen MR) is 80.4 cm³/mol. The third kappa shape index (κ3) is 2.76. The minimum Gasteiger partial charge on any atom is -0.364 e. The van der Waals surface area contributed by atoms with Gasteiger partial charge in [0.15, 0.2) is 0 Å². The standard InChI is InChI=1S/C15H20N4O3/c1-17(2)14(20)9-19-11-7-18(13-5-3-4-6-16-13)8-12(11)22-10-15(19)21/h3-6,11-12H,7-10H2,1-2H3/t11-,12-/m1/s1. The lowest BCUT2D eigenvalue weighted by Gasteiger charge is -2.36. The number of pyridine rings is 1. The molecule has 2 fully saturated rings. The number of hydrogen-bond acceptors (Lipinski definition) is 5. The molecule has 2 atom stereocenters. The molecule has 0 unspecified atom stereocenters. The van der Waals surface area contributed by atoms with E-state index in [1.165, 1.54) is 4.90 Å². The van der Waals surface area contributed by atoms with E-state index in [0.717, 1.165) is 5.82 Å². The molecular formula is C15H20N4O3. The van der Waals surface area contributed by atoms with Crippen LogP contribution in [0, 0.1) is 0 Å². The third-order valence-corrected chi connectivity index (χ3v) is 4.16. The normalized spacial score (nSPS) is 24.4. The molecule has 7 heteroatoms. The van der Waals surface area contributed by atoms with Crippen LogP contribution < -0.4 is 4.90 Å². The monoisotopic (exact) mass is 304 g/mol. The molecule has 0 N–H and O–H groups in total. The average molecular weight is 304 g/mol. The van der Waals surface area contributed by atoms with Crippen molar-refractivity contribution in [3.63, 3.8) is 0 Å².